The molecule has 120 valence electrons. The van der Waals surface area contributed by atoms with Crippen molar-refractivity contribution in [1.82, 2.24) is 0 Å². The molecule has 0 aromatic heterocycles. The van der Waals surface area contributed by atoms with Crippen LogP contribution in [-0.4, -0.2) is 16.6 Å². The summed E-state index contributed by atoms with van der Waals surface area (Å²) in [6.45, 7) is 1.87. The van der Waals surface area contributed by atoms with Crippen molar-refractivity contribution in [2.45, 2.75) is 12.7 Å². The zero-order valence-electron chi connectivity index (χ0n) is 12.4. The molecule has 23 heavy (non-hydrogen) atoms. The van der Waals surface area contributed by atoms with Gasteiger partial charge in [0.25, 0.3) is 5.69 Å². The number of nitro benzene ring substituents is 1. The standard InChI is InChI=1S/C16H15ClN2O3S/c1-11-7-13(17)5-6-15(11)18-16(20)10-23-9-12-3-2-4-14(8-12)19(21)22/h2-8H,9-10H2,1H3,(H,18,20). The fourth-order valence-electron chi connectivity index (χ4n) is 1.98. The fraction of sp³-hybridized carbons (Fsp3) is 0.188. The number of non-ortho nitro benzene ring substituents is 1. The molecule has 0 fully saturated rings. The van der Waals surface area contributed by atoms with Gasteiger partial charge in [-0.15, -0.1) is 11.8 Å². The fourth-order valence-corrected chi connectivity index (χ4v) is 2.98. The lowest BCUT2D eigenvalue weighted by Crippen LogP contribution is -2.14. The molecule has 0 aliphatic carbocycles. The van der Waals surface area contributed by atoms with Crippen molar-refractivity contribution in [3.05, 3.63) is 68.7 Å². The van der Waals surface area contributed by atoms with Crippen molar-refractivity contribution in [1.29, 1.82) is 0 Å². The molecule has 2 aromatic carbocycles. The van der Waals surface area contributed by atoms with Crippen molar-refractivity contribution in [3.63, 3.8) is 0 Å². The van der Waals surface area contributed by atoms with E-state index in [4.69, 9.17) is 11.6 Å². The van der Waals surface area contributed by atoms with Crippen molar-refractivity contribution in [3.8, 4) is 0 Å². The second-order valence-electron chi connectivity index (χ2n) is 4.93. The number of hydrogen-bond acceptors (Lipinski definition) is 4. The SMILES string of the molecule is Cc1cc(Cl)ccc1NC(=O)CSCc1cccc([N+](=O)[O-])c1. The minimum absolute atomic E-state index is 0.0596. The number of nitro groups is 1. The predicted molar refractivity (Wildman–Crippen MR) is 94.1 cm³/mol. The molecule has 0 bridgehead atoms. The van der Waals surface area contributed by atoms with Crippen LogP contribution < -0.4 is 5.32 Å². The first-order chi connectivity index (χ1) is 11.0. The van der Waals surface area contributed by atoms with Crippen molar-refractivity contribution >= 4 is 40.6 Å². The molecule has 5 nitrogen and oxygen atoms in total. The normalized spacial score (nSPS) is 10.3. The lowest BCUT2D eigenvalue weighted by molar-refractivity contribution is -0.384. The van der Waals surface area contributed by atoms with E-state index in [1.807, 2.05) is 6.92 Å². The number of benzene rings is 2. The average Bonchev–Trinajstić information content (AvgIpc) is 2.50. The van der Waals surface area contributed by atoms with E-state index in [-0.39, 0.29) is 17.3 Å². The lowest BCUT2D eigenvalue weighted by Gasteiger charge is -2.08. The first-order valence-electron chi connectivity index (χ1n) is 6.83. The van der Waals surface area contributed by atoms with E-state index in [1.54, 1.807) is 30.3 Å². The highest BCUT2D eigenvalue weighted by molar-refractivity contribution is 7.99. The molecule has 2 rings (SSSR count). The Morgan fingerprint density at radius 2 is 2.09 bits per heavy atom. The van der Waals surface area contributed by atoms with Crippen LogP contribution in [0.2, 0.25) is 5.02 Å². The summed E-state index contributed by atoms with van der Waals surface area (Å²) in [7, 11) is 0. The molecule has 0 unspecified atom stereocenters. The van der Waals surface area contributed by atoms with Crippen LogP contribution in [0.3, 0.4) is 0 Å². The van der Waals surface area contributed by atoms with Crippen molar-refractivity contribution in [2.24, 2.45) is 0 Å². The van der Waals surface area contributed by atoms with Gasteiger partial charge in [0, 0.05) is 28.6 Å². The van der Waals surface area contributed by atoms with E-state index >= 15 is 0 Å². The topological polar surface area (TPSA) is 72.2 Å². The number of anilines is 1. The minimum Gasteiger partial charge on any atom is -0.325 e. The van der Waals surface area contributed by atoms with Gasteiger partial charge in [-0.1, -0.05) is 23.7 Å². The summed E-state index contributed by atoms with van der Waals surface area (Å²) in [4.78, 5) is 22.2. The van der Waals surface area contributed by atoms with Crippen LogP contribution in [0, 0.1) is 17.0 Å². The maximum absolute atomic E-state index is 11.9. The molecule has 0 heterocycles. The Kier molecular flexibility index (Phi) is 6.01. The summed E-state index contributed by atoms with van der Waals surface area (Å²) >= 11 is 7.28. The molecule has 0 saturated heterocycles. The number of hydrogen-bond donors (Lipinski definition) is 1. The molecule has 1 N–H and O–H groups in total. The third kappa shape index (κ3) is 5.26. The van der Waals surface area contributed by atoms with E-state index in [9.17, 15) is 14.9 Å². The van der Waals surface area contributed by atoms with Gasteiger partial charge in [-0.3, -0.25) is 14.9 Å². The number of nitrogens with zero attached hydrogens (tertiary/aromatic N) is 1. The Labute approximate surface area is 143 Å². The molecule has 1 amide bonds. The van der Waals surface area contributed by atoms with Crippen molar-refractivity contribution < 1.29 is 9.72 Å². The van der Waals surface area contributed by atoms with Gasteiger partial charge in [0.15, 0.2) is 0 Å². The van der Waals surface area contributed by atoms with Gasteiger partial charge in [0.2, 0.25) is 5.91 Å². The molecule has 0 saturated carbocycles. The Hall–Kier alpha value is -2.05. The van der Waals surface area contributed by atoms with Crippen LogP contribution in [0.4, 0.5) is 11.4 Å². The molecule has 0 atom stereocenters. The number of carbonyl (C=O) groups is 1. The number of nitrogens with one attached hydrogen (secondary N) is 1. The van der Waals surface area contributed by atoms with Gasteiger partial charge < -0.3 is 5.32 Å². The first kappa shape index (κ1) is 17.3. The maximum Gasteiger partial charge on any atom is 0.269 e. The molecule has 0 radical (unpaired) electrons. The van der Waals surface area contributed by atoms with Crippen molar-refractivity contribution in [2.75, 3.05) is 11.1 Å². The monoisotopic (exact) mass is 350 g/mol. The quantitative estimate of drug-likeness (QED) is 0.618. The number of aryl methyl sites for hydroxylation is 1. The predicted octanol–water partition coefficient (Wildman–Crippen LogP) is 4.43. The van der Waals surface area contributed by atoms with Gasteiger partial charge in [0.1, 0.15) is 0 Å². The number of amides is 1. The Morgan fingerprint density at radius 3 is 2.78 bits per heavy atom. The lowest BCUT2D eigenvalue weighted by atomic mass is 10.2. The summed E-state index contributed by atoms with van der Waals surface area (Å²) < 4.78 is 0. The molecular weight excluding hydrogens is 336 g/mol. The van der Waals surface area contributed by atoms with E-state index in [0.29, 0.717) is 10.8 Å². The Bertz CT molecular complexity index is 737. The molecule has 0 aliphatic rings. The summed E-state index contributed by atoms with van der Waals surface area (Å²) in [5.74, 6) is 0.685. The van der Waals surface area contributed by atoms with E-state index < -0.39 is 4.92 Å². The molecular formula is C16H15ClN2O3S. The van der Waals surface area contributed by atoms with Crippen LogP contribution in [0.25, 0.3) is 0 Å². The number of thioether (sulfide) groups is 1. The van der Waals surface area contributed by atoms with Gasteiger partial charge in [0.05, 0.1) is 10.7 Å². The maximum atomic E-state index is 11.9. The first-order valence-corrected chi connectivity index (χ1v) is 8.36. The zero-order valence-corrected chi connectivity index (χ0v) is 14.0. The van der Waals surface area contributed by atoms with Gasteiger partial charge >= 0.3 is 0 Å². The van der Waals surface area contributed by atoms with E-state index in [1.165, 1.54) is 23.9 Å². The Balaban J connectivity index is 1.85. The van der Waals surface area contributed by atoms with Gasteiger partial charge in [-0.05, 0) is 36.2 Å². The highest BCUT2D eigenvalue weighted by atomic mass is 35.5. The highest BCUT2D eigenvalue weighted by Crippen LogP contribution is 2.21. The molecule has 7 heteroatoms. The number of rotatable bonds is 6. The second-order valence-corrected chi connectivity index (χ2v) is 6.35. The largest absolute Gasteiger partial charge is 0.325 e. The molecule has 0 aliphatic heterocycles. The minimum atomic E-state index is -0.426. The summed E-state index contributed by atoms with van der Waals surface area (Å²) in [6, 6.07) is 11.7. The highest BCUT2D eigenvalue weighted by Gasteiger charge is 2.08. The van der Waals surface area contributed by atoms with Crippen LogP contribution in [0.5, 0.6) is 0 Å². The molecule has 2 aromatic rings. The third-order valence-electron chi connectivity index (χ3n) is 3.09. The second kappa shape index (κ2) is 7.99. The Morgan fingerprint density at radius 1 is 1.30 bits per heavy atom. The average molecular weight is 351 g/mol. The van der Waals surface area contributed by atoms with E-state index in [0.717, 1.165) is 16.8 Å². The summed E-state index contributed by atoms with van der Waals surface area (Å²) in [5.41, 5.74) is 2.51. The smallest absolute Gasteiger partial charge is 0.269 e. The van der Waals surface area contributed by atoms with Crippen LogP contribution in [-0.2, 0) is 10.5 Å². The molecule has 0 spiro atoms. The zero-order chi connectivity index (χ0) is 16.8. The summed E-state index contributed by atoms with van der Waals surface area (Å²) in [6.07, 6.45) is 0. The van der Waals surface area contributed by atoms with Crippen LogP contribution in [0.15, 0.2) is 42.5 Å². The van der Waals surface area contributed by atoms with Gasteiger partial charge in [-0.25, -0.2) is 0 Å². The van der Waals surface area contributed by atoms with Crippen LogP contribution >= 0.6 is 23.4 Å². The van der Waals surface area contributed by atoms with Gasteiger partial charge in [-0.2, -0.15) is 0 Å². The third-order valence-corrected chi connectivity index (χ3v) is 4.32. The number of halogens is 1. The summed E-state index contributed by atoms with van der Waals surface area (Å²) in [5, 5.41) is 14.2. The van der Waals surface area contributed by atoms with Crippen LogP contribution in [0.1, 0.15) is 11.1 Å². The number of carbonyl (C=O) groups excluding carboxylic acids is 1. The van der Waals surface area contributed by atoms with E-state index in [2.05, 4.69) is 5.32 Å².